The summed E-state index contributed by atoms with van der Waals surface area (Å²) in [5.41, 5.74) is 2.64. The van der Waals surface area contributed by atoms with Crippen molar-refractivity contribution < 1.29 is 4.79 Å². The van der Waals surface area contributed by atoms with Gasteiger partial charge in [0, 0.05) is 19.1 Å². The zero-order valence-corrected chi connectivity index (χ0v) is 14.9. The van der Waals surface area contributed by atoms with Crippen LogP contribution < -0.4 is 5.32 Å². The SMILES string of the molecule is CNC1CCCN(C(=O)Cc2nnn(-c3ccccc3)c2C)C1.Cl. The Morgan fingerprint density at radius 1 is 1.33 bits per heavy atom. The lowest BCUT2D eigenvalue weighted by molar-refractivity contribution is -0.131. The predicted molar refractivity (Wildman–Crippen MR) is 95.7 cm³/mol. The van der Waals surface area contributed by atoms with Crippen LogP contribution in [0, 0.1) is 6.92 Å². The summed E-state index contributed by atoms with van der Waals surface area (Å²) in [6, 6.07) is 10.3. The fourth-order valence-corrected chi connectivity index (χ4v) is 3.03. The lowest BCUT2D eigenvalue weighted by Gasteiger charge is -2.32. The highest BCUT2D eigenvalue weighted by atomic mass is 35.5. The molecule has 2 heterocycles. The molecule has 1 aliphatic heterocycles. The molecule has 0 radical (unpaired) electrons. The monoisotopic (exact) mass is 349 g/mol. The van der Waals surface area contributed by atoms with E-state index in [-0.39, 0.29) is 18.3 Å². The Hall–Kier alpha value is -1.92. The number of amides is 1. The number of aromatic nitrogens is 3. The van der Waals surface area contributed by atoms with Gasteiger partial charge in [0.15, 0.2) is 0 Å². The normalized spacial score (nSPS) is 17.4. The zero-order valence-electron chi connectivity index (χ0n) is 14.1. The molecule has 6 nitrogen and oxygen atoms in total. The van der Waals surface area contributed by atoms with E-state index in [1.165, 1.54) is 0 Å². The molecule has 1 amide bonds. The number of piperidine rings is 1. The molecule has 0 spiro atoms. The fourth-order valence-electron chi connectivity index (χ4n) is 3.03. The summed E-state index contributed by atoms with van der Waals surface area (Å²) in [6.45, 7) is 3.58. The van der Waals surface area contributed by atoms with Crippen molar-refractivity contribution in [1.82, 2.24) is 25.2 Å². The molecule has 1 N–H and O–H groups in total. The number of nitrogens with one attached hydrogen (secondary N) is 1. The van der Waals surface area contributed by atoms with Crippen LogP contribution in [-0.4, -0.2) is 52.0 Å². The first-order valence-electron chi connectivity index (χ1n) is 8.10. The summed E-state index contributed by atoms with van der Waals surface area (Å²) in [5.74, 6) is 0.133. The van der Waals surface area contributed by atoms with Gasteiger partial charge in [0.2, 0.25) is 5.91 Å². The second-order valence-corrected chi connectivity index (χ2v) is 6.01. The number of carbonyl (C=O) groups is 1. The number of para-hydroxylation sites is 1. The molecule has 1 aromatic heterocycles. The van der Waals surface area contributed by atoms with E-state index in [2.05, 4.69) is 15.6 Å². The molecule has 0 bridgehead atoms. The van der Waals surface area contributed by atoms with Gasteiger partial charge in [-0.1, -0.05) is 23.4 Å². The van der Waals surface area contributed by atoms with Crippen molar-refractivity contribution >= 4 is 18.3 Å². The summed E-state index contributed by atoms with van der Waals surface area (Å²) >= 11 is 0. The van der Waals surface area contributed by atoms with Gasteiger partial charge in [-0.2, -0.15) is 0 Å². The van der Waals surface area contributed by atoms with Crippen LogP contribution >= 0.6 is 12.4 Å². The van der Waals surface area contributed by atoms with Gasteiger partial charge in [-0.25, -0.2) is 4.68 Å². The van der Waals surface area contributed by atoms with Gasteiger partial charge in [-0.05, 0) is 38.9 Å². The summed E-state index contributed by atoms with van der Waals surface area (Å²) in [5, 5.41) is 11.7. The van der Waals surface area contributed by atoms with Crippen LogP contribution in [0.4, 0.5) is 0 Å². The number of halogens is 1. The van der Waals surface area contributed by atoms with E-state index in [1.807, 2.05) is 49.2 Å². The van der Waals surface area contributed by atoms with E-state index in [0.29, 0.717) is 12.5 Å². The number of hydrogen-bond acceptors (Lipinski definition) is 4. The molecule has 130 valence electrons. The molecule has 24 heavy (non-hydrogen) atoms. The highest BCUT2D eigenvalue weighted by molar-refractivity contribution is 5.85. The first-order valence-corrected chi connectivity index (χ1v) is 8.10. The second-order valence-electron chi connectivity index (χ2n) is 6.01. The van der Waals surface area contributed by atoms with Crippen molar-refractivity contribution in [3.05, 3.63) is 41.7 Å². The van der Waals surface area contributed by atoms with Gasteiger partial charge in [-0.15, -0.1) is 17.5 Å². The maximum Gasteiger partial charge on any atom is 0.228 e. The minimum Gasteiger partial charge on any atom is -0.341 e. The molecular formula is C17H24ClN5O. The lowest BCUT2D eigenvalue weighted by atomic mass is 10.1. The third-order valence-corrected chi connectivity index (χ3v) is 4.49. The van der Waals surface area contributed by atoms with Crippen LogP contribution in [0.1, 0.15) is 24.2 Å². The van der Waals surface area contributed by atoms with Crippen LogP contribution in [-0.2, 0) is 11.2 Å². The maximum atomic E-state index is 12.5. The number of hydrogen-bond donors (Lipinski definition) is 1. The molecule has 0 aliphatic carbocycles. The Morgan fingerprint density at radius 2 is 2.08 bits per heavy atom. The van der Waals surface area contributed by atoms with Crippen molar-refractivity contribution in [1.29, 1.82) is 0 Å². The van der Waals surface area contributed by atoms with Gasteiger partial charge >= 0.3 is 0 Å². The van der Waals surface area contributed by atoms with E-state index >= 15 is 0 Å². The lowest BCUT2D eigenvalue weighted by Crippen LogP contribution is -2.47. The Bertz CT molecular complexity index is 673. The number of carbonyl (C=O) groups excluding carboxylic acids is 1. The number of nitrogens with zero attached hydrogens (tertiary/aromatic N) is 4. The van der Waals surface area contributed by atoms with Crippen LogP contribution in [0.15, 0.2) is 30.3 Å². The second kappa shape index (κ2) is 8.26. The van der Waals surface area contributed by atoms with Crippen molar-refractivity contribution in [2.75, 3.05) is 20.1 Å². The van der Waals surface area contributed by atoms with Crippen molar-refractivity contribution in [3.63, 3.8) is 0 Å². The predicted octanol–water partition coefficient (Wildman–Crippen LogP) is 1.75. The molecule has 7 heteroatoms. The minimum absolute atomic E-state index is 0. The summed E-state index contributed by atoms with van der Waals surface area (Å²) in [6.07, 6.45) is 2.49. The smallest absolute Gasteiger partial charge is 0.228 e. The quantitative estimate of drug-likeness (QED) is 0.913. The van der Waals surface area contributed by atoms with Gasteiger partial charge in [0.1, 0.15) is 0 Å². The van der Waals surface area contributed by atoms with Crippen LogP contribution in [0.5, 0.6) is 0 Å². The van der Waals surface area contributed by atoms with Gasteiger partial charge < -0.3 is 10.2 Å². The minimum atomic E-state index is 0. The fraction of sp³-hybridized carbons (Fsp3) is 0.471. The zero-order chi connectivity index (χ0) is 16.2. The molecule has 1 aromatic carbocycles. The third kappa shape index (κ3) is 3.94. The molecule has 1 saturated heterocycles. The highest BCUT2D eigenvalue weighted by Gasteiger charge is 2.24. The number of likely N-dealkylation sites (tertiary alicyclic amines) is 1. The van der Waals surface area contributed by atoms with Gasteiger partial charge in [0.25, 0.3) is 0 Å². The molecule has 2 aromatic rings. The maximum absolute atomic E-state index is 12.5. The standard InChI is InChI=1S/C17H23N5O.ClH/c1-13-16(19-20-22(13)15-8-4-3-5-9-15)11-17(23)21-10-6-7-14(12-21)18-2;/h3-5,8-9,14,18H,6-7,10-12H2,1-2H3;1H. The largest absolute Gasteiger partial charge is 0.341 e. The number of likely N-dealkylation sites (N-methyl/N-ethyl adjacent to an activating group) is 1. The first kappa shape index (κ1) is 18.4. The molecule has 1 unspecified atom stereocenters. The van der Waals surface area contributed by atoms with Gasteiger partial charge in [0.05, 0.1) is 23.5 Å². The van der Waals surface area contributed by atoms with Crippen molar-refractivity contribution in [2.45, 2.75) is 32.2 Å². The van der Waals surface area contributed by atoms with Crippen molar-refractivity contribution in [3.8, 4) is 5.69 Å². The third-order valence-electron chi connectivity index (χ3n) is 4.49. The van der Waals surface area contributed by atoms with E-state index in [4.69, 9.17) is 0 Å². The van der Waals surface area contributed by atoms with Crippen LogP contribution in [0.3, 0.4) is 0 Å². The average Bonchev–Trinajstić information content (AvgIpc) is 2.96. The van der Waals surface area contributed by atoms with E-state index < -0.39 is 0 Å². The van der Waals surface area contributed by atoms with E-state index in [9.17, 15) is 4.79 Å². The van der Waals surface area contributed by atoms with E-state index in [1.54, 1.807) is 4.68 Å². The summed E-state index contributed by atoms with van der Waals surface area (Å²) < 4.78 is 1.79. The molecule has 1 fully saturated rings. The Kier molecular flexibility index (Phi) is 6.34. The Labute approximate surface area is 148 Å². The molecule has 1 atom stereocenters. The van der Waals surface area contributed by atoms with Crippen LogP contribution in [0.2, 0.25) is 0 Å². The molecule has 1 aliphatic rings. The molecule has 3 rings (SSSR count). The first-order chi connectivity index (χ1) is 11.2. The summed E-state index contributed by atoms with van der Waals surface area (Å²) in [4.78, 5) is 14.5. The number of rotatable bonds is 4. The highest BCUT2D eigenvalue weighted by Crippen LogP contribution is 2.15. The topological polar surface area (TPSA) is 63.1 Å². The van der Waals surface area contributed by atoms with Gasteiger partial charge in [-0.3, -0.25) is 4.79 Å². The van der Waals surface area contributed by atoms with Crippen LogP contribution in [0.25, 0.3) is 5.69 Å². The number of benzene rings is 1. The Morgan fingerprint density at radius 3 is 2.79 bits per heavy atom. The Balaban J connectivity index is 0.00000208. The average molecular weight is 350 g/mol. The molecule has 0 saturated carbocycles. The summed E-state index contributed by atoms with van der Waals surface area (Å²) in [7, 11) is 1.95. The van der Waals surface area contributed by atoms with Crippen molar-refractivity contribution in [2.24, 2.45) is 0 Å². The van der Waals surface area contributed by atoms with E-state index in [0.717, 1.165) is 43.0 Å². The molecular weight excluding hydrogens is 326 g/mol.